The molecule has 1 aromatic rings. The fourth-order valence-electron chi connectivity index (χ4n) is 2.06. The van der Waals surface area contributed by atoms with Crippen LogP contribution in [0.3, 0.4) is 0 Å². The van der Waals surface area contributed by atoms with E-state index < -0.39 is 24.1 Å². The van der Waals surface area contributed by atoms with Gasteiger partial charge < -0.3 is 24.9 Å². The predicted molar refractivity (Wildman–Crippen MR) is 81.2 cm³/mol. The van der Waals surface area contributed by atoms with Crippen LogP contribution in [-0.4, -0.2) is 48.7 Å². The van der Waals surface area contributed by atoms with Crippen LogP contribution in [0.2, 0.25) is 0 Å². The van der Waals surface area contributed by atoms with Crippen LogP contribution in [-0.2, 0) is 9.53 Å². The molecule has 0 bridgehead atoms. The van der Waals surface area contributed by atoms with Gasteiger partial charge in [0.25, 0.3) is 0 Å². The van der Waals surface area contributed by atoms with Gasteiger partial charge in [-0.2, -0.15) is 0 Å². The first-order chi connectivity index (χ1) is 10.8. The van der Waals surface area contributed by atoms with Gasteiger partial charge in [-0.15, -0.1) is 0 Å². The molecule has 0 aliphatic rings. The molecule has 0 aliphatic carbocycles. The van der Waals surface area contributed by atoms with E-state index in [1.165, 1.54) is 19.4 Å². The van der Waals surface area contributed by atoms with Crippen LogP contribution in [0.5, 0.6) is 0 Å². The van der Waals surface area contributed by atoms with Crippen molar-refractivity contribution in [3.8, 4) is 0 Å². The number of nitrogens with one attached hydrogen (secondary N) is 2. The Morgan fingerprint density at radius 3 is 2.43 bits per heavy atom. The Morgan fingerprint density at radius 2 is 1.96 bits per heavy atom. The molecular weight excluding hydrogens is 304 g/mol. The lowest BCUT2D eigenvalue weighted by Gasteiger charge is -2.22. The molecule has 0 fully saturated rings. The second kappa shape index (κ2) is 8.94. The Bertz CT molecular complexity index is 526. The average Bonchev–Trinajstić information content (AvgIpc) is 2.98. The Morgan fingerprint density at radius 1 is 1.26 bits per heavy atom. The standard InChI is InChI=1S/C15H22N2O6/c1-9(2)7-10(13(18)12-5-4-6-23-12)16-14(19)11(8-22-3)17-15(20)21/h4-6,9-11,17H,7-8H2,1-3H3,(H,16,19)(H,20,21)/t10-,11-/m0/s1. The van der Waals surface area contributed by atoms with E-state index in [-0.39, 0.29) is 24.1 Å². The van der Waals surface area contributed by atoms with Gasteiger partial charge in [-0.1, -0.05) is 13.8 Å². The molecule has 2 atom stereocenters. The highest BCUT2D eigenvalue weighted by Crippen LogP contribution is 2.12. The molecular formula is C15H22N2O6. The van der Waals surface area contributed by atoms with E-state index in [4.69, 9.17) is 14.3 Å². The number of ketones is 1. The van der Waals surface area contributed by atoms with Gasteiger partial charge in [0.2, 0.25) is 11.7 Å². The second-order valence-corrected chi connectivity index (χ2v) is 5.49. The molecule has 128 valence electrons. The summed E-state index contributed by atoms with van der Waals surface area (Å²) >= 11 is 0. The largest absolute Gasteiger partial charge is 0.465 e. The summed E-state index contributed by atoms with van der Waals surface area (Å²) in [5, 5.41) is 13.4. The molecule has 0 aliphatic heterocycles. The average molecular weight is 326 g/mol. The lowest BCUT2D eigenvalue weighted by molar-refractivity contribution is -0.124. The molecule has 0 saturated carbocycles. The smallest absolute Gasteiger partial charge is 0.405 e. The van der Waals surface area contributed by atoms with Gasteiger partial charge >= 0.3 is 6.09 Å². The van der Waals surface area contributed by atoms with E-state index >= 15 is 0 Å². The zero-order valence-corrected chi connectivity index (χ0v) is 13.4. The number of carbonyl (C=O) groups excluding carboxylic acids is 2. The van der Waals surface area contributed by atoms with Crippen LogP contribution in [0.15, 0.2) is 22.8 Å². The molecule has 8 heteroatoms. The van der Waals surface area contributed by atoms with E-state index in [0.29, 0.717) is 6.42 Å². The molecule has 2 amide bonds. The quantitative estimate of drug-likeness (QED) is 0.588. The third-order valence-corrected chi connectivity index (χ3v) is 3.05. The van der Waals surface area contributed by atoms with Gasteiger partial charge in [0.15, 0.2) is 5.76 Å². The summed E-state index contributed by atoms with van der Waals surface area (Å²) in [6.45, 7) is 3.69. The van der Waals surface area contributed by atoms with Crippen molar-refractivity contribution in [2.45, 2.75) is 32.4 Å². The summed E-state index contributed by atoms with van der Waals surface area (Å²) in [6, 6.07) is 1.20. The summed E-state index contributed by atoms with van der Waals surface area (Å²) in [6.07, 6.45) is 0.430. The van der Waals surface area contributed by atoms with Gasteiger partial charge in [-0.05, 0) is 24.5 Å². The molecule has 0 aromatic carbocycles. The topological polar surface area (TPSA) is 118 Å². The molecule has 1 heterocycles. The Kier molecular flexibility index (Phi) is 7.27. The van der Waals surface area contributed by atoms with E-state index in [9.17, 15) is 14.4 Å². The molecule has 1 rings (SSSR count). The minimum absolute atomic E-state index is 0.137. The summed E-state index contributed by atoms with van der Waals surface area (Å²) in [7, 11) is 1.35. The van der Waals surface area contributed by atoms with Crippen LogP contribution in [0.25, 0.3) is 0 Å². The van der Waals surface area contributed by atoms with Crippen LogP contribution in [0, 0.1) is 5.92 Å². The lowest BCUT2D eigenvalue weighted by atomic mass is 9.98. The first-order valence-electron chi connectivity index (χ1n) is 7.21. The number of furan rings is 1. The monoisotopic (exact) mass is 326 g/mol. The Labute approximate surface area is 134 Å². The summed E-state index contributed by atoms with van der Waals surface area (Å²) in [5.74, 6) is -0.693. The number of ether oxygens (including phenoxy) is 1. The van der Waals surface area contributed by atoms with Gasteiger partial charge in [0, 0.05) is 7.11 Å². The molecule has 1 aromatic heterocycles. The van der Waals surface area contributed by atoms with E-state index in [1.807, 2.05) is 13.8 Å². The molecule has 8 nitrogen and oxygen atoms in total. The minimum Gasteiger partial charge on any atom is -0.465 e. The Balaban J connectivity index is 2.84. The number of carbonyl (C=O) groups is 3. The van der Waals surface area contributed by atoms with Gasteiger partial charge in [-0.25, -0.2) is 4.79 Å². The number of methoxy groups -OCH3 is 1. The van der Waals surface area contributed by atoms with Crippen molar-refractivity contribution in [3.63, 3.8) is 0 Å². The zero-order chi connectivity index (χ0) is 17.4. The van der Waals surface area contributed by atoms with Crippen molar-refractivity contribution in [1.29, 1.82) is 0 Å². The minimum atomic E-state index is -1.35. The molecule has 0 unspecified atom stereocenters. The SMILES string of the molecule is COC[C@H](NC(=O)O)C(=O)N[C@@H](CC(C)C)C(=O)c1ccco1. The highest BCUT2D eigenvalue weighted by Gasteiger charge is 2.29. The van der Waals surface area contributed by atoms with Crippen molar-refractivity contribution < 1.29 is 28.6 Å². The van der Waals surface area contributed by atoms with Gasteiger partial charge in [0.05, 0.1) is 18.9 Å². The number of Topliss-reactive ketones (excluding diaryl/α,β-unsaturated/α-hetero) is 1. The maximum Gasteiger partial charge on any atom is 0.405 e. The van der Waals surface area contributed by atoms with Crippen LogP contribution in [0.1, 0.15) is 30.8 Å². The van der Waals surface area contributed by atoms with E-state index in [2.05, 4.69) is 10.6 Å². The lowest BCUT2D eigenvalue weighted by Crippen LogP contribution is -2.53. The molecule has 0 radical (unpaired) electrons. The van der Waals surface area contributed by atoms with Crippen molar-refractivity contribution in [1.82, 2.24) is 10.6 Å². The fourth-order valence-corrected chi connectivity index (χ4v) is 2.06. The van der Waals surface area contributed by atoms with Crippen LogP contribution >= 0.6 is 0 Å². The highest BCUT2D eigenvalue weighted by molar-refractivity contribution is 6.00. The van der Waals surface area contributed by atoms with Crippen molar-refractivity contribution in [3.05, 3.63) is 24.2 Å². The Hall–Kier alpha value is -2.35. The molecule has 23 heavy (non-hydrogen) atoms. The second-order valence-electron chi connectivity index (χ2n) is 5.49. The number of hydrogen-bond acceptors (Lipinski definition) is 5. The maximum atomic E-state index is 12.4. The molecule has 0 spiro atoms. The zero-order valence-electron chi connectivity index (χ0n) is 13.4. The molecule has 3 N–H and O–H groups in total. The number of carboxylic acid groups (broad SMARTS) is 1. The normalized spacial score (nSPS) is 13.4. The summed E-state index contributed by atoms with van der Waals surface area (Å²) < 4.78 is 9.91. The first-order valence-corrected chi connectivity index (χ1v) is 7.21. The fraction of sp³-hybridized carbons (Fsp3) is 0.533. The van der Waals surface area contributed by atoms with Crippen molar-refractivity contribution in [2.75, 3.05) is 13.7 Å². The van der Waals surface area contributed by atoms with Gasteiger partial charge in [-0.3, -0.25) is 9.59 Å². The van der Waals surface area contributed by atoms with Crippen molar-refractivity contribution >= 4 is 17.8 Å². The van der Waals surface area contributed by atoms with Crippen LogP contribution in [0.4, 0.5) is 4.79 Å². The maximum absolute atomic E-state index is 12.4. The van der Waals surface area contributed by atoms with Crippen molar-refractivity contribution in [2.24, 2.45) is 5.92 Å². The first kappa shape index (κ1) is 18.7. The van der Waals surface area contributed by atoms with E-state index in [1.54, 1.807) is 6.07 Å². The summed E-state index contributed by atoms with van der Waals surface area (Å²) in [5.41, 5.74) is 0. The number of amides is 2. The number of hydrogen-bond donors (Lipinski definition) is 3. The highest BCUT2D eigenvalue weighted by atomic mass is 16.5. The molecule has 0 saturated heterocycles. The van der Waals surface area contributed by atoms with Crippen LogP contribution < -0.4 is 10.6 Å². The third-order valence-electron chi connectivity index (χ3n) is 3.05. The van der Waals surface area contributed by atoms with Gasteiger partial charge in [0.1, 0.15) is 6.04 Å². The van der Waals surface area contributed by atoms with E-state index in [0.717, 1.165) is 0 Å². The third kappa shape index (κ3) is 6.11. The summed E-state index contributed by atoms with van der Waals surface area (Å²) in [4.78, 5) is 35.4. The predicted octanol–water partition coefficient (Wildman–Crippen LogP) is 1.28. The number of rotatable bonds is 9.